The SMILES string of the molecule is O=c1[nH]c(=O)n(-c2ccccc2Cl)c2cc(Cl)sc12. The first-order valence-corrected chi connectivity index (χ1v) is 6.84. The van der Waals surface area contributed by atoms with Crippen LogP contribution in [-0.2, 0) is 0 Å². The van der Waals surface area contributed by atoms with Crippen LogP contribution in [0.25, 0.3) is 15.9 Å². The Kier molecular flexibility index (Phi) is 2.97. The summed E-state index contributed by atoms with van der Waals surface area (Å²) in [7, 11) is 0. The molecule has 0 spiro atoms. The molecule has 0 aliphatic rings. The molecule has 0 saturated carbocycles. The van der Waals surface area contributed by atoms with Gasteiger partial charge in [0.05, 0.1) is 20.6 Å². The number of hydrogen-bond donors (Lipinski definition) is 1. The van der Waals surface area contributed by atoms with Crippen molar-refractivity contribution in [1.29, 1.82) is 0 Å². The number of para-hydroxylation sites is 1. The molecule has 0 bridgehead atoms. The second-order valence-electron chi connectivity index (χ2n) is 3.81. The Morgan fingerprint density at radius 1 is 1.16 bits per heavy atom. The normalized spacial score (nSPS) is 11.1. The smallest absolute Gasteiger partial charge is 0.272 e. The highest BCUT2D eigenvalue weighted by atomic mass is 35.5. The fraction of sp³-hybridized carbons (Fsp3) is 0. The van der Waals surface area contributed by atoms with Gasteiger partial charge in [-0.3, -0.25) is 14.3 Å². The van der Waals surface area contributed by atoms with Crippen LogP contribution in [0, 0.1) is 0 Å². The van der Waals surface area contributed by atoms with Gasteiger partial charge in [-0.05, 0) is 18.2 Å². The predicted octanol–water partition coefficient (Wildman–Crippen LogP) is 3.05. The van der Waals surface area contributed by atoms with Gasteiger partial charge in [0.25, 0.3) is 5.56 Å². The minimum Gasteiger partial charge on any atom is -0.272 e. The lowest BCUT2D eigenvalue weighted by molar-refractivity contribution is 0.947. The van der Waals surface area contributed by atoms with Crippen LogP contribution in [0.4, 0.5) is 0 Å². The van der Waals surface area contributed by atoms with Gasteiger partial charge in [-0.2, -0.15) is 0 Å². The fourth-order valence-corrected chi connectivity index (χ4v) is 3.19. The number of aromatic nitrogens is 2. The lowest BCUT2D eigenvalue weighted by Crippen LogP contribution is -2.28. The third kappa shape index (κ3) is 2.00. The van der Waals surface area contributed by atoms with Crippen molar-refractivity contribution in [2.24, 2.45) is 0 Å². The first kappa shape index (κ1) is 12.5. The zero-order chi connectivity index (χ0) is 13.6. The zero-order valence-corrected chi connectivity index (χ0v) is 11.6. The van der Waals surface area contributed by atoms with E-state index in [9.17, 15) is 9.59 Å². The third-order valence-electron chi connectivity index (χ3n) is 2.65. The van der Waals surface area contributed by atoms with Gasteiger partial charge in [0.2, 0.25) is 0 Å². The minimum atomic E-state index is -0.542. The Bertz CT molecular complexity index is 895. The number of nitrogens with one attached hydrogen (secondary N) is 1. The van der Waals surface area contributed by atoms with Gasteiger partial charge in [0, 0.05) is 0 Å². The van der Waals surface area contributed by atoms with Gasteiger partial charge in [0.1, 0.15) is 4.70 Å². The van der Waals surface area contributed by atoms with E-state index in [1.165, 1.54) is 4.57 Å². The number of thiophene rings is 1. The molecule has 0 aliphatic heterocycles. The van der Waals surface area contributed by atoms with Crippen molar-refractivity contribution < 1.29 is 0 Å². The third-order valence-corrected chi connectivity index (χ3v) is 4.22. The van der Waals surface area contributed by atoms with Crippen molar-refractivity contribution in [3.8, 4) is 5.69 Å². The molecule has 96 valence electrons. The summed E-state index contributed by atoms with van der Waals surface area (Å²) in [5, 5.41) is 0.417. The number of aromatic amines is 1. The molecule has 19 heavy (non-hydrogen) atoms. The largest absolute Gasteiger partial charge is 0.333 e. The molecule has 0 atom stereocenters. The first-order valence-electron chi connectivity index (χ1n) is 5.27. The van der Waals surface area contributed by atoms with Crippen LogP contribution in [0.15, 0.2) is 39.9 Å². The molecule has 2 heterocycles. The van der Waals surface area contributed by atoms with Crippen molar-refractivity contribution in [1.82, 2.24) is 9.55 Å². The van der Waals surface area contributed by atoms with E-state index in [4.69, 9.17) is 23.2 Å². The standard InChI is InChI=1S/C12H6Cl2N2O2S/c13-6-3-1-2-4-7(6)16-8-5-9(14)19-10(8)11(17)15-12(16)18/h1-5H,(H,15,17,18). The van der Waals surface area contributed by atoms with Gasteiger partial charge < -0.3 is 0 Å². The summed E-state index contributed by atoms with van der Waals surface area (Å²) in [6.07, 6.45) is 0. The number of hydrogen-bond acceptors (Lipinski definition) is 3. The average molecular weight is 313 g/mol. The maximum Gasteiger partial charge on any atom is 0.333 e. The van der Waals surface area contributed by atoms with Crippen LogP contribution in [-0.4, -0.2) is 9.55 Å². The molecule has 0 saturated heterocycles. The summed E-state index contributed by atoms with van der Waals surface area (Å²) in [4.78, 5) is 26.0. The quantitative estimate of drug-likeness (QED) is 0.751. The van der Waals surface area contributed by atoms with Crippen LogP contribution >= 0.6 is 34.5 Å². The van der Waals surface area contributed by atoms with Crippen LogP contribution in [0.3, 0.4) is 0 Å². The lowest BCUT2D eigenvalue weighted by Gasteiger charge is -2.08. The molecule has 3 rings (SSSR count). The zero-order valence-electron chi connectivity index (χ0n) is 9.31. The van der Waals surface area contributed by atoms with Gasteiger partial charge in [-0.25, -0.2) is 4.79 Å². The molecule has 0 fully saturated rings. The van der Waals surface area contributed by atoms with Crippen molar-refractivity contribution in [3.63, 3.8) is 0 Å². The Morgan fingerprint density at radius 2 is 1.89 bits per heavy atom. The molecule has 1 N–H and O–H groups in total. The minimum absolute atomic E-state index is 0.393. The van der Waals surface area contributed by atoms with E-state index in [1.807, 2.05) is 0 Å². The highest BCUT2D eigenvalue weighted by Crippen LogP contribution is 2.28. The number of rotatable bonds is 1. The fourth-order valence-electron chi connectivity index (χ4n) is 1.87. The van der Waals surface area contributed by atoms with E-state index in [-0.39, 0.29) is 0 Å². The van der Waals surface area contributed by atoms with Crippen molar-refractivity contribution in [2.45, 2.75) is 0 Å². The summed E-state index contributed by atoms with van der Waals surface area (Å²) in [5.74, 6) is 0. The summed E-state index contributed by atoms with van der Waals surface area (Å²) in [5.41, 5.74) is -0.0259. The molecule has 0 amide bonds. The van der Waals surface area contributed by atoms with Gasteiger partial charge in [-0.15, -0.1) is 11.3 Å². The lowest BCUT2D eigenvalue weighted by atomic mass is 10.3. The Hall–Kier alpha value is -1.56. The van der Waals surface area contributed by atoms with E-state index >= 15 is 0 Å². The molecule has 0 aliphatic carbocycles. The van der Waals surface area contributed by atoms with Gasteiger partial charge in [-0.1, -0.05) is 35.3 Å². The van der Waals surface area contributed by atoms with E-state index in [2.05, 4.69) is 4.98 Å². The van der Waals surface area contributed by atoms with Crippen LogP contribution < -0.4 is 11.2 Å². The summed E-state index contributed by atoms with van der Waals surface area (Å²) >= 11 is 13.1. The van der Waals surface area contributed by atoms with Crippen molar-refractivity contribution >= 4 is 44.8 Å². The number of fused-ring (bicyclic) bond motifs is 1. The van der Waals surface area contributed by atoms with E-state index in [0.717, 1.165) is 11.3 Å². The summed E-state index contributed by atoms with van der Waals surface area (Å²) < 4.78 is 2.18. The number of nitrogens with zero attached hydrogens (tertiary/aromatic N) is 1. The molecule has 4 nitrogen and oxygen atoms in total. The van der Waals surface area contributed by atoms with Gasteiger partial charge in [0.15, 0.2) is 0 Å². The maximum absolute atomic E-state index is 12.0. The Morgan fingerprint density at radius 3 is 2.63 bits per heavy atom. The van der Waals surface area contributed by atoms with Crippen LogP contribution in [0.1, 0.15) is 0 Å². The molecular weight excluding hydrogens is 307 g/mol. The molecule has 3 aromatic rings. The summed E-state index contributed by atoms with van der Waals surface area (Å²) in [6.45, 7) is 0. The number of H-pyrrole nitrogens is 1. The molecule has 2 aromatic heterocycles. The molecule has 0 radical (unpaired) electrons. The molecule has 1 aromatic carbocycles. The molecular formula is C12H6Cl2N2O2S. The Labute approximate surface area is 120 Å². The topological polar surface area (TPSA) is 54.9 Å². The van der Waals surface area contributed by atoms with E-state index in [1.54, 1.807) is 30.3 Å². The van der Waals surface area contributed by atoms with Gasteiger partial charge >= 0.3 is 5.69 Å². The second kappa shape index (κ2) is 4.52. The van der Waals surface area contributed by atoms with E-state index in [0.29, 0.717) is 25.3 Å². The second-order valence-corrected chi connectivity index (χ2v) is 5.90. The number of halogens is 2. The average Bonchev–Trinajstić information content (AvgIpc) is 2.73. The van der Waals surface area contributed by atoms with E-state index < -0.39 is 11.2 Å². The van der Waals surface area contributed by atoms with Crippen LogP contribution in [0.2, 0.25) is 9.36 Å². The monoisotopic (exact) mass is 312 g/mol. The summed E-state index contributed by atoms with van der Waals surface area (Å²) in [6, 6.07) is 8.49. The highest BCUT2D eigenvalue weighted by Gasteiger charge is 2.14. The molecule has 7 heteroatoms. The maximum atomic E-state index is 12.0. The first-order chi connectivity index (χ1) is 9.08. The van der Waals surface area contributed by atoms with Crippen molar-refractivity contribution in [3.05, 3.63) is 60.5 Å². The number of benzene rings is 1. The Balaban J connectivity index is 2.52. The van der Waals surface area contributed by atoms with Crippen LogP contribution in [0.5, 0.6) is 0 Å². The molecule has 0 unspecified atom stereocenters. The van der Waals surface area contributed by atoms with Crippen molar-refractivity contribution in [2.75, 3.05) is 0 Å². The predicted molar refractivity (Wildman–Crippen MR) is 78.1 cm³/mol. The highest BCUT2D eigenvalue weighted by molar-refractivity contribution is 7.22.